The number of ether oxygens (including phenoxy) is 2. The number of carbonyl (C=O) groups is 1. The van der Waals surface area contributed by atoms with E-state index in [1.165, 1.54) is 11.1 Å². The number of imidazole rings is 1. The van der Waals surface area contributed by atoms with Crippen molar-refractivity contribution in [3.05, 3.63) is 96.1 Å². The summed E-state index contributed by atoms with van der Waals surface area (Å²) in [5.74, 6) is 1.35. The van der Waals surface area contributed by atoms with Gasteiger partial charge >= 0.3 is 0 Å². The first-order valence-electron chi connectivity index (χ1n) is 11.4. The number of methoxy groups -OCH3 is 2. The van der Waals surface area contributed by atoms with Gasteiger partial charge in [-0.15, -0.1) is 0 Å². The molecule has 1 aliphatic carbocycles. The Hall–Kier alpha value is -4.06. The molecule has 1 aromatic heterocycles. The van der Waals surface area contributed by atoms with Crippen LogP contribution in [0.1, 0.15) is 40.5 Å². The van der Waals surface area contributed by atoms with Crippen LogP contribution in [0, 0.1) is 0 Å². The van der Waals surface area contributed by atoms with Gasteiger partial charge in [-0.2, -0.15) is 0 Å². The summed E-state index contributed by atoms with van der Waals surface area (Å²) in [7, 11) is 3.29. The molecule has 4 aromatic rings. The van der Waals surface area contributed by atoms with Gasteiger partial charge in [0.05, 0.1) is 38.3 Å². The highest BCUT2D eigenvalue weighted by Gasteiger charge is 2.23. The van der Waals surface area contributed by atoms with Crippen molar-refractivity contribution in [2.45, 2.75) is 25.3 Å². The molecule has 34 heavy (non-hydrogen) atoms. The number of aryl methyl sites for hydroxylation is 1. The largest absolute Gasteiger partial charge is 0.496 e. The number of nitrogens with one attached hydrogen (secondary N) is 1. The summed E-state index contributed by atoms with van der Waals surface area (Å²) in [5.41, 5.74) is 5.73. The molecular weight excluding hydrogens is 426 g/mol. The van der Waals surface area contributed by atoms with Crippen molar-refractivity contribution in [1.29, 1.82) is 0 Å². The summed E-state index contributed by atoms with van der Waals surface area (Å²) >= 11 is 0. The fourth-order valence-corrected chi connectivity index (χ4v) is 4.73. The number of hydrogen-bond donors (Lipinski definition) is 1. The molecule has 1 aliphatic rings. The molecular formula is C28H27N3O3. The second-order valence-electron chi connectivity index (χ2n) is 8.35. The van der Waals surface area contributed by atoms with Gasteiger partial charge in [0.15, 0.2) is 0 Å². The van der Waals surface area contributed by atoms with Gasteiger partial charge in [-0.1, -0.05) is 42.5 Å². The third-order valence-corrected chi connectivity index (χ3v) is 6.41. The lowest BCUT2D eigenvalue weighted by Crippen LogP contribution is -2.32. The Morgan fingerprint density at radius 3 is 2.44 bits per heavy atom. The van der Waals surface area contributed by atoms with Crippen molar-refractivity contribution in [2.24, 2.45) is 0 Å². The van der Waals surface area contributed by atoms with Crippen LogP contribution in [0.2, 0.25) is 0 Å². The van der Waals surface area contributed by atoms with E-state index >= 15 is 0 Å². The maximum absolute atomic E-state index is 13.2. The lowest BCUT2D eigenvalue weighted by molar-refractivity contribution is 0.0926. The molecule has 5 rings (SSSR count). The van der Waals surface area contributed by atoms with Crippen LogP contribution >= 0.6 is 0 Å². The van der Waals surface area contributed by atoms with Crippen molar-refractivity contribution in [2.75, 3.05) is 14.2 Å². The lowest BCUT2D eigenvalue weighted by atomic mass is 9.88. The van der Waals surface area contributed by atoms with Gasteiger partial charge in [-0.05, 0) is 60.2 Å². The molecule has 0 radical (unpaired) electrons. The van der Waals surface area contributed by atoms with Crippen molar-refractivity contribution in [3.8, 4) is 28.3 Å². The smallest absolute Gasteiger partial charge is 0.270 e. The molecule has 1 atom stereocenters. The zero-order valence-electron chi connectivity index (χ0n) is 19.3. The normalized spacial score (nSPS) is 14.8. The minimum absolute atomic E-state index is 0.0150. The van der Waals surface area contributed by atoms with E-state index in [1.54, 1.807) is 26.7 Å². The maximum atomic E-state index is 13.2. The van der Waals surface area contributed by atoms with Crippen molar-refractivity contribution < 1.29 is 14.3 Å². The summed E-state index contributed by atoms with van der Waals surface area (Å²) in [6.45, 7) is 0. The summed E-state index contributed by atoms with van der Waals surface area (Å²) in [4.78, 5) is 17.5. The standard InChI is InChI=1S/C28H27N3O3/c1-33-25-11-6-12-26(34-2)27(25)20-13-15-21(16-14-20)31-18-29-17-24(31)28(32)30-23-10-5-8-19-7-3-4-9-22(19)23/h3-4,6-7,9,11-18,23H,5,8,10H2,1-2H3,(H,30,32). The van der Waals surface area contributed by atoms with Crippen LogP contribution in [0.5, 0.6) is 11.5 Å². The summed E-state index contributed by atoms with van der Waals surface area (Å²) in [6, 6.07) is 22.0. The van der Waals surface area contributed by atoms with E-state index in [4.69, 9.17) is 9.47 Å². The molecule has 6 heteroatoms. The van der Waals surface area contributed by atoms with Crippen molar-refractivity contribution in [3.63, 3.8) is 0 Å². The molecule has 0 fully saturated rings. The van der Waals surface area contributed by atoms with Gasteiger partial charge in [0, 0.05) is 5.69 Å². The molecule has 3 aromatic carbocycles. The minimum atomic E-state index is -0.130. The number of amides is 1. The number of hydrogen-bond acceptors (Lipinski definition) is 4. The van der Waals surface area contributed by atoms with Crippen LogP contribution < -0.4 is 14.8 Å². The third-order valence-electron chi connectivity index (χ3n) is 6.41. The predicted molar refractivity (Wildman–Crippen MR) is 132 cm³/mol. The SMILES string of the molecule is COc1cccc(OC)c1-c1ccc(-n2cncc2C(=O)NC2CCCc3ccccc32)cc1. The number of carbonyl (C=O) groups excluding carboxylic acids is 1. The van der Waals surface area contributed by atoms with Gasteiger partial charge in [0.1, 0.15) is 17.2 Å². The molecule has 0 saturated heterocycles. The van der Waals surface area contributed by atoms with Crippen LogP contribution in [0.25, 0.3) is 16.8 Å². The number of nitrogens with zero attached hydrogens (tertiary/aromatic N) is 2. The number of aromatic nitrogens is 2. The van der Waals surface area contributed by atoms with Crippen molar-refractivity contribution in [1.82, 2.24) is 14.9 Å². The monoisotopic (exact) mass is 453 g/mol. The highest BCUT2D eigenvalue weighted by molar-refractivity contribution is 5.93. The summed E-state index contributed by atoms with van der Waals surface area (Å²) < 4.78 is 12.9. The Bertz CT molecular complexity index is 1290. The maximum Gasteiger partial charge on any atom is 0.270 e. The molecule has 1 heterocycles. The van der Waals surface area contributed by atoms with Gasteiger partial charge < -0.3 is 14.8 Å². The number of rotatable bonds is 6. The fraction of sp³-hybridized carbons (Fsp3) is 0.214. The first-order chi connectivity index (χ1) is 16.7. The van der Waals surface area contributed by atoms with Gasteiger partial charge in [-0.25, -0.2) is 4.98 Å². The van der Waals surface area contributed by atoms with Crippen LogP contribution in [0.4, 0.5) is 0 Å². The third kappa shape index (κ3) is 4.03. The Labute approximate surface area is 199 Å². The average molecular weight is 454 g/mol. The molecule has 0 bridgehead atoms. The molecule has 1 N–H and O–H groups in total. The molecule has 6 nitrogen and oxygen atoms in total. The van der Waals surface area contributed by atoms with Gasteiger partial charge in [0.25, 0.3) is 5.91 Å². The second kappa shape index (κ2) is 9.43. The Balaban J connectivity index is 1.41. The first kappa shape index (κ1) is 21.8. The summed E-state index contributed by atoms with van der Waals surface area (Å²) in [6.07, 6.45) is 6.34. The molecule has 0 saturated carbocycles. The Morgan fingerprint density at radius 1 is 0.971 bits per heavy atom. The molecule has 0 aliphatic heterocycles. The van der Waals surface area contributed by atoms with E-state index in [1.807, 2.05) is 53.1 Å². The summed E-state index contributed by atoms with van der Waals surface area (Å²) in [5, 5.41) is 3.22. The predicted octanol–water partition coefficient (Wildman–Crippen LogP) is 5.36. The molecule has 172 valence electrons. The van der Waals surface area contributed by atoms with Gasteiger partial charge in [-0.3, -0.25) is 9.36 Å². The van der Waals surface area contributed by atoms with E-state index < -0.39 is 0 Å². The fourth-order valence-electron chi connectivity index (χ4n) is 4.73. The minimum Gasteiger partial charge on any atom is -0.496 e. The molecule has 0 spiro atoms. The van der Waals surface area contributed by atoms with E-state index in [0.29, 0.717) is 5.69 Å². The van der Waals surface area contributed by atoms with Gasteiger partial charge in [0.2, 0.25) is 0 Å². The highest BCUT2D eigenvalue weighted by atomic mass is 16.5. The van der Waals surface area contributed by atoms with E-state index in [0.717, 1.165) is 47.6 Å². The van der Waals surface area contributed by atoms with Crippen LogP contribution in [-0.4, -0.2) is 29.7 Å². The number of benzene rings is 3. The Kier molecular flexibility index (Phi) is 6.04. The average Bonchev–Trinajstić information content (AvgIpc) is 3.39. The zero-order valence-corrected chi connectivity index (χ0v) is 19.3. The molecule has 1 unspecified atom stereocenters. The second-order valence-corrected chi connectivity index (χ2v) is 8.35. The molecule has 1 amide bonds. The zero-order chi connectivity index (χ0) is 23.5. The topological polar surface area (TPSA) is 65.4 Å². The lowest BCUT2D eigenvalue weighted by Gasteiger charge is -2.26. The van der Waals surface area contributed by atoms with E-state index in [9.17, 15) is 4.79 Å². The van der Waals surface area contributed by atoms with Crippen molar-refractivity contribution >= 4 is 5.91 Å². The first-order valence-corrected chi connectivity index (χ1v) is 11.4. The highest BCUT2D eigenvalue weighted by Crippen LogP contribution is 2.38. The van der Waals surface area contributed by atoms with Crippen LogP contribution in [-0.2, 0) is 6.42 Å². The van der Waals surface area contributed by atoms with Crippen LogP contribution in [0.15, 0.2) is 79.3 Å². The van der Waals surface area contributed by atoms with Crippen LogP contribution in [0.3, 0.4) is 0 Å². The van der Waals surface area contributed by atoms with E-state index in [2.05, 4.69) is 28.5 Å². The van der Waals surface area contributed by atoms with E-state index in [-0.39, 0.29) is 11.9 Å². The quantitative estimate of drug-likeness (QED) is 0.427. The number of fused-ring (bicyclic) bond motifs is 1. The Morgan fingerprint density at radius 2 is 1.71 bits per heavy atom.